The second-order valence-electron chi connectivity index (χ2n) is 5.44. The van der Waals surface area contributed by atoms with Crippen molar-refractivity contribution in [3.05, 3.63) is 67.0 Å². The quantitative estimate of drug-likeness (QED) is 0.496. The minimum Gasteiger partial charge on any atom is -0.325 e. The molecule has 0 aliphatic heterocycles. The third-order valence-electron chi connectivity index (χ3n) is 3.45. The van der Waals surface area contributed by atoms with Crippen LogP contribution in [0.5, 0.6) is 0 Å². The lowest BCUT2D eigenvalue weighted by Crippen LogP contribution is -2.15. The van der Waals surface area contributed by atoms with Crippen molar-refractivity contribution in [2.75, 3.05) is 11.1 Å². The highest BCUT2D eigenvalue weighted by molar-refractivity contribution is 7.99. The van der Waals surface area contributed by atoms with Crippen LogP contribution in [-0.2, 0) is 11.3 Å². The predicted octanol–water partition coefficient (Wildman–Crippen LogP) is 3.54. The topological polar surface area (TPSA) is 72.7 Å². The Bertz CT molecular complexity index is 941. The Morgan fingerprint density at radius 2 is 1.89 bits per heavy atom. The first-order chi connectivity index (χ1) is 13.1. The molecule has 0 spiro atoms. The van der Waals surface area contributed by atoms with E-state index in [4.69, 9.17) is 0 Å². The summed E-state index contributed by atoms with van der Waals surface area (Å²) in [4.78, 5) is 16.1. The number of pyridine rings is 1. The minimum absolute atomic E-state index is 0.00372. The average Bonchev–Trinajstić information content (AvgIpc) is 3.03. The third kappa shape index (κ3) is 4.76. The van der Waals surface area contributed by atoms with E-state index in [2.05, 4.69) is 27.1 Å². The zero-order valence-electron chi connectivity index (χ0n) is 14.1. The monoisotopic (exact) mass is 387 g/mol. The van der Waals surface area contributed by atoms with Gasteiger partial charge in [-0.05, 0) is 24.3 Å². The summed E-state index contributed by atoms with van der Waals surface area (Å²) < 4.78 is 28.2. The fraction of sp³-hybridized carbons (Fsp3) is 0.111. The van der Waals surface area contributed by atoms with E-state index in [-0.39, 0.29) is 11.4 Å². The number of halogens is 2. The first-order valence-corrected chi connectivity index (χ1v) is 8.88. The Kier molecular flexibility index (Phi) is 5.92. The normalized spacial score (nSPS) is 10.6. The summed E-state index contributed by atoms with van der Waals surface area (Å²) in [6, 6.07) is 6.45. The Labute approximate surface area is 158 Å². The Morgan fingerprint density at radius 3 is 2.56 bits per heavy atom. The molecule has 2 aromatic heterocycles. The molecule has 9 heteroatoms. The van der Waals surface area contributed by atoms with Crippen LogP contribution in [0.4, 0.5) is 14.5 Å². The predicted molar refractivity (Wildman–Crippen MR) is 99.2 cm³/mol. The van der Waals surface area contributed by atoms with E-state index < -0.39 is 17.5 Å². The maximum absolute atomic E-state index is 13.2. The Balaban J connectivity index is 1.71. The van der Waals surface area contributed by atoms with E-state index in [1.807, 2.05) is 16.7 Å². The SMILES string of the molecule is C=CCn1c(SCC(=O)Nc2cc(F)cc(F)c2)nnc1-c1ccncc1. The summed E-state index contributed by atoms with van der Waals surface area (Å²) in [5, 5.41) is 11.3. The van der Waals surface area contributed by atoms with E-state index in [1.54, 1.807) is 18.5 Å². The van der Waals surface area contributed by atoms with Crippen molar-refractivity contribution in [3.8, 4) is 11.4 Å². The molecule has 0 fully saturated rings. The van der Waals surface area contributed by atoms with Crippen LogP contribution in [0, 0.1) is 11.6 Å². The highest BCUT2D eigenvalue weighted by Gasteiger charge is 2.15. The molecule has 3 rings (SSSR count). The second kappa shape index (κ2) is 8.54. The van der Waals surface area contributed by atoms with Gasteiger partial charge in [-0.15, -0.1) is 16.8 Å². The number of nitrogens with zero attached hydrogens (tertiary/aromatic N) is 4. The smallest absolute Gasteiger partial charge is 0.234 e. The lowest BCUT2D eigenvalue weighted by atomic mass is 10.2. The van der Waals surface area contributed by atoms with E-state index in [9.17, 15) is 13.6 Å². The lowest BCUT2D eigenvalue weighted by Gasteiger charge is -2.08. The molecule has 138 valence electrons. The number of carbonyl (C=O) groups is 1. The van der Waals surface area contributed by atoms with Crippen molar-refractivity contribution in [3.63, 3.8) is 0 Å². The van der Waals surface area contributed by atoms with Gasteiger partial charge in [-0.2, -0.15) is 0 Å². The third-order valence-corrected chi connectivity index (χ3v) is 4.41. The van der Waals surface area contributed by atoms with Gasteiger partial charge < -0.3 is 5.32 Å². The van der Waals surface area contributed by atoms with Crippen LogP contribution in [-0.4, -0.2) is 31.4 Å². The molecular weight excluding hydrogens is 372 g/mol. The summed E-state index contributed by atoms with van der Waals surface area (Å²) in [6.45, 7) is 4.19. The highest BCUT2D eigenvalue weighted by atomic mass is 32.2. The largest absolute Gasteiger partial charge is 0.325 e. The number of rotatable bonds is 7. The fourth-order valence-electron chi connectivity index (χ4n) is 2.36. The first kappa shape index (κ1) is 18.7. The first-order valence-electron chi connectivity index (χ1n) is 7.90. The van der Waals surface area contributed by atoms with Crippen molar-refractivity contribution in [2.24, 2.45) is 0 Å². The number of benzene rings is 1. The fourth-order valence-corrected chi connectivity index (χ4v) is 3.10. The van der Waals surface area contributed by atoms with E-state index in [1.165, 1.54) is 0 Å². The number of anilines is 1. The zero-order chi connectivity index (χ0) is 19.2. The molecule has 27 heavy (non-hydrogen) atoms. The van der Waals surface area contributed by atoms with Gasteiger partial charge in [0.2, 0.25) is 5.91 Å². The van der Waals surface area contributed by atoms with E-state index in [0.717, 1.165) is 35.5 Å². The van der Waals surface area contributed by atoms with Crippen LogP contribution < -0.4 is 5.32 Å². The number of amides is 1. The van der Waals surface area contributed by atoms with E-state index >= 15 is 0 Å². The van der Waals surface area contributed by atoms with Crippen molar-refractivity contribution < 1.29 is 13.6 Å². The van der Waals surface area contributed by atoms with Gasteiger partial charge >= 0.3 is 0 Å². The molecule has 1 aromatic carbocycles. The van der Waals surface area contributed by atoms with Gasteiger partial charge in [-0.25, -0.2) is 8.78 Å². The minimum atomic E-state index is -0.759. The van der Waals surface area contributed by atoms with Gasteiger partial charge in [-0.1, -0.05) is 17.8 Å². The molecule has 0 bridgehead atoms. The van der Waals surface area contributed by atoms with E-state index in [0.29, 0.717) is 17.5 Å². The summed E-state index contributed by atoms with van der Waals surface area (Å²) >= 11 is 1.16. The molecule has 1 N–H and O–H groups in total. The van der Waals surface area contributed by atoms with Gasteiger partial charge in [0.05, 0.1) is 5.75 Å². The van der Waals surface area contributed by atoms with Crippen LogP contribution in [0.25, 0.3) is 11.4 Å². The van der Waals surface area contributed by atoms with Crippen LogP contribution >= 0.6 is 11.8 Å². The van der Waals surface area contributed by atoms with Crippen LogP contribution in [0.3, 0.4) is 0 Å². The molecule has 0 aliphatic rings. The van der Waals surface area contributed by atoms with Crippen LogP contribution in [0.2, 0.25) is 0 Å². The van der Waals surface area contributed by atoms with Gasteiger partial charge in [0.1, 0.15) is 11.6 Å². The lowest BCUT2D eigenvalue weighted by molar-refractivity contribution is -0.113. The van der Waals surface area contributed by atoms with Crippen molar-refractivity contribution >= 4 is 23.4 Å². The Morgan fingerprint density at radius 1 is 1.19 bits per heavy atom. The highest BCUT2D eigenvalue weighted by Crippen LogP contribution is 2.24. The number of hydrogen-bond donors (Lipinski definition) is 1. The summed E-state index contributed by atoms with van der Waals surface area (Å²) in [7, 11) is 0. The van der Waals surface area contributed by atoms with Gasteiger partial charge in [0.25, 0.3) is 0 Å². The molecule has 0 saturated heterocycles. The van der Waals surface area contributed by atoms with Gasteiger partial charge in [0.15, 0.2) is 11.0 Å². The number of hydrogen-bond acceptors (Lipinski definition) is 5. The maximum Gasteiger partial charge on any atom is 0.234 e. The maximum atomic E-state index is 13.2. The number of aromatic nitrogens is 4. The summed E-state index contributed by atoms with van der Waals surface area (Å²) in [5.41, 5.74) is 0.897. The van der Waals surface area contributed by atoms with Crippen LogP contribution in [0.1, 0.15) is 0 Å². The second-order valence-corrected chi connectivity index (χ2v) is 6.38. The molecule has 0 unspecified atom stereocenters. The van der Waals surface area contributed by atoms with Crippen LogP contribution in [0.15, 0.2) is 60.5 Å². The van der Waals surface area contributed by atoms with Gasteiger partial charge in [-0.3, -0.25) is 14.3 Å². The van der Waals surface area contributed by atoms with Crippen molar-refractivity contribution in [2.45, 2.75) is 11.7 Å². The molecule has 3 aromatic rings. The number of nitrogens with one attached hydrogen (secondary N) is 1. The molecule has 0 aliphatic carbocycles. The average molecular weight is 387 g/mol. The molecular formula is C18H15F2N5OS. The molecule has 0 atom stereocenters. The Hall–Kier alpha value is -3.07. The molecule has 0 saturated carbocycles. The molecule has 0 radical (unpaired) electrons. The molecule has 1 amide bonds. The summed E-state index contributed by atoms with van der Waals surface area (Å²) in [6.07, 6.45) is 5.01. The summed E-state index contributed by atoms with van der Waals surface area (Å²) in [5.74, 6) is -1.30. The number of allylic oxidation sites excluding steroid dienone is 1. The molecule has 6 nitrogen and oxygen atoms in total. The zero-order valence-corrected chi connectivity index (χ0v) is 14.9. The van der Waals surface area contributed by atoms with Crippen molar-refractivity contribution in [1.29, 1.82) is 0 Å². The standard InChI is InChI=1S/C18H15F2N5OS/c1-2-7-25-17(12-3-5-21-6-4-12)23-24-18(25)27-11-16(26)22-15-9-13(19)8-14(20)10-15/h2-6,8-10H,1,7,11H2,(H,22,26). The molecule has 2 heterocycles. The van der Waals surface area contributed by atoms with Gasteiger partial charge in [0, 0.05) is 36.3 Å². The number of thioether (sulfide) groups is 1. The van der Waals surface area contributed by atoms with Crippen molar-refractivity contribution in [1.82, 2.24) is 19.7 Å². The number of carbonyl (C=O) groups excluding carboxylic acids is 1.